The monoisotopic (exact) mass is 276 g/mol. The van der Waals surface area contributed by atoms with Crippen LogP contribution in [0, 0.1) is 0 Å². The van der Waals surface area contributed by atoms with E-state index >= 15 is 0 Å². The largest absolute Gasteiger partial charge is 0.481 e. The molecule has 2 aromatic rings. The third-order valence-electron chi connectivity index (χ3n) is 2.75. The van der Waals surface area contributed by atoms with Crippen molar-refractivity contribution in [1.29, 1.82) is 0 Å². The Labute approximate surface area is 116 Å². The number of aromatic nitrogens is 2. The van der Waals surface area contributed by atoms with Crippen LogP contribution in [0.4, 0.5) is 0 Å². The lowest BCUT2D eigenvalue weighted by molar-refractivity contribution is -0.133. The third kappa shape index (κ3) is 3.38. The smallest absolute Gasteiger partial charge is 0.313 e. The maximum atomic E-state index is 10.6. The summed E-state index contributed by atoms with van der Waals surface area (Å²) in [5, 5.41) is 9.43. The molecule has 0 aliphatic rings. The van der Waals surface area contributed by atoms with Crippen molar-refractivity contribution in [1.82, 2.24) is 9.55 Å². The minimum Gasteiger partial charge on any atom is -0.481 e. The van der Waals surface area contributed by atoms with E-state index in [4.69, 9.17) is 5.11 Å². The number of hydrogen-bond acceptors (Lipinski definition) is 3. The van der Waals surface area contributed by atoms with Crippen LogP contribution in [0.2, 0.25) is 0 Å². The molecule has 1 aromatic carbocycles. The molecule has 0 atom stereocenters. The highest BCUT2D eigenvalue weighted by atomic mass is 32.2. The summed E-state index contributed by atoms with van der Waals surface area (Å²) in [7, 11) is 0. The van der Waals surface area contributed by atoms with Gasteiger partial charge in [-0.25, -0.2) is 4.98 Å². The molecule has 0 fully saturated rings. The van der Waals surface area contributed by atoms with Gasteiger partial charge >= 0.3 is 5.97 Å². The number of nitrogens with zero attached hydrogens (tertiary/aromatic N) is 2. The number of carboxylic acid groups (broad SMARTS) is 1. The Morgan fingerprint density at radius 3 is 2.95 bits per heavy atom. The second-order valence-corrected chi connectivity index (χ2v) is 5.45. The van der Waals surface area contributed by atoms with Gasteiger partial charge in [0, 0.05) is 18.1 Å². The summed E-state index contributed by atoms with van der Waals surface area (Å²) >= 11 is 1.22. The van der Waals surface area contributed by atoms with Crippen LogP contribution in [0.1, 0.15) is 25.3 Å². The van der Waals surface area contributed by atoms with E-state index in [1.807, 2.05) is 22.9 Å². The van der Waals surface area contributed by atoms with E-state index in [1.165, 1.54) is 17.3 Å². The van der Waals surface area contributed by atoms with E-state index in [0.29, 0.717) is 11.1 Å². The standard InChI is InChI=1S/C14H16N2O2S/c1-10(2)11-4-3-5-12(8-11)16-7-6-15-14(16)19-9-13(17)18/h3-8,10H,9H2,1-2H3,(H,17,18). The van der Waals surface area contributed by atoms with Crippen molar-refractivity contribution in [3.63, 3.8) is 0 Å². The van der Waals surface area contributed by atoms with Gasteiger partial charge < -0.3 is 5.11 Å². The van der Waals surface area contributed by atoms with Gasteiger partial charge in [-0.05, 0) is 23.6 Å². The molecule has 0 saturated carbocycles. The Morgan fingerprint density at radius 1 is 1.47 bits per heavy atom. The minimum atomic E-state index is -0.838. The van der Waals surface area contributed by atoms with Gasteiger partial charge in [0.1, 0.15) is 0 Å². The summed E-state index contributed by atoms with van der Waals surface area (Å²) < 4.78 is 1.92. The molecule has 0 aliphatic heterocycles. The lowest BCUT2D eigenvalue weighted by Gasteiger charge is -2.10. The van der Waals surface area contributed by atoms with E-state index in [1.54, 1.807) is 6.20 Å². The number of carbonyl (C=O) groups is 1. The molecule has 0 amide bonds. The fourth-order valence-electron chi connectivity index (χ4n) is 1.75. The second kappa shape index (κ2) is 5.93. The van der Waals surface area contributed by atoms with Crippen molar-refractivity contribution < 1.29 is 9.90 Å². The highest BCUT2D eigenvalue weighted by Gasteiger charge is 2.09. The van der Waals surface area contributed by atoms with Crippen LogP contribution in [-0.4, -0.2) is 26.4 Å². The Hall–Kier alpha value is -1.75. The molecule has 2 rings (SSSR count). The van der Waals surface area contributed by atoms with Crippen LogP contribution in [0.25, 0.3) is 5.69 Å². The number of imidazole rings is 1. The Kier molecular flexibility index (Phi) is 4.27. The number of thioether (sulfide) groups is 1. The average molecular weight is 276 g/mol. The zero-order chi connectivity index (χ0) is 13.8. The van der Waals surface area contributed by atoms with Gasteiger partial charge in [-0.1, -0.05) is 37.7 Å². The van der Waals surface area contributed by atoms with Crippen LogP contribution in [0.15, 0.2) is 41.8 Å². The topological polar surface area (TPSA) is 55.1 Å². The Balaban J connectivity index is 2.29. The van der Waals surface area contributed by atoms with Crippen molar-refractivity contribution in [2.75, 3.05) is 5.75 Å². The van der Waals surface area contributed by atoms with Crippen molar-refractivity contribution >= 4 is 17.7 Å². The predicted octanol–water partition coefficient (Wildman–Crippen LogP) is 3.17. The van der Waals surface area contributed by atoms with Crippen molar-refractivity contribution in [2.45, 2.75) is 24.9 Å². The molecule has 0 radical (unpaired) electrons. The summed E-state index contributed by atoms with van der Waals surface area (Å²) in [4.78, 5) is 14.8. The fraction of sp³-hybridized carbons (Fsp3) is 0.286. The van der Waals surface area contributed by atoms with E-state index < -0.39 is 5.97 Å². The summed E-state index contributed by atoms with van der Waals surface area (Å²) in [6.45, 7) is 4.29. The maximum Gasteiger partial charge on any atom is 0.313 e. The molecule has 19 heavy (non-hydrogen) atoms. The Bertz CT molecular complexity index is 578. The predicted molar refractivity (Wildman–Crippen MR) is 76.0 cm³/mol. The molecular formula is C14H16N2O2S. The second-order valence-electron chi connectivity index (χ2n) is 4.51. The molecule has 1 heterocycles. The van der Waals surface area contributed by atoms with E-state index in [9.17, 15) is 4.79 Å². The first-order chi connectivity index (χ1) is 9.08. The van der Waals surface area contributed by atoms with Crippen LogP contribution in [0.3, 0.4) is 0 Å². The molecule has 100 valence electrons. The Morgan fingerprint density at radius 2 is 2.26 bits per heavy atom. The van der Waals surface area contributed by atoms with Crippen molar-refractivity contribution in [2.24, 2.45) is 0 Å². The molecule has 5 heteroatoms. The molecule has 0 aliphatic carbocycles. The van der Waals surface area contributed by atoms with Crippen LogP contribution < -0.4 is 0 Å². The zero-order valence-corrected chi connectivity index (χ0v) is 11.7. The average Bonchev–Trinajstić information content (AvgIpc) is 2.84. The van der Waals surface area contributed by atoms with Crippen LogP contribution in [-0.2, 0) is 4.79 Å². The van der Waals surface area contributed by atoms with Gasteiger partial charge in [-0.15, -0.1) is 0 Å². The van der Waals surface area contributed by atoms with Gasteiger partial charge in [-0.3, -0.25) is 9.36 Å². The number of rotatable bonds is 5. The minimum absolute atomic E-state index is 0.0148. The number of hydrogen-bond donors (Lipinski definition) is 1. The molecule has 0 unspecified atom stereocenters. The van der Waals surface area contributed by atoms with Gasteiger partial charge in [0.15, 0.2) is 5.16 Å². The highest BCUT2D eigenvalue weighted by molar-refractivity contribution is 7.99. The van der Waals surface area contributed by atoms with Gasteiger partial charge in [0.25, 0.3) is 0 Å². The molecular weight excluding hydrogens is 260 g/mol. The first kappa shape index (κ1) is 13.7. The number of carboxylic acids is 1. The van der Waals surface area contributed by atoms with E-state index in [0.717, 1.165) is 5.69 Å². The first-order valence-corrected chi connectivity index (χ1v) is 7.04. The van der Waals surface area contributed by atoms with Crippen LogP contribution >= 0.6 is 11.8 Å². The van der Waals surface area contributed by atoms with Gasteiger partial charge in [-0.2, -0.15) is 0 Å². The van der Waals surface area contributed by atoms with Crippen LogP contribution in [0.5, 0.6) is 0 Å². The van der Waals surface area contributed by atoms with Crippen molar-refractivity contribution in [3.05, 3.63) is 42.2 Å². The molecule has 0 spiro atoms. The highest BCUT2D eigenvalue weighted by Crippen LogP contribution is 2.23. The summed E-state index contributed by atoms with van der Waals surface area (Å²) in [6, 6.07) is 8.21. The van der Waals surface area contributed by atoms with Crippen molar-refractivity contribution in [3.8, 4) is 5.69 Å². The number of aliphatic carboxylic acids is 1. The summed E-state index contributed by atoms with van der Waals surface area (Å²) in [5.74, 6) is -0.366. The zero-order valence-electron chi connectivity index (χ0n) is 10.9. The quantitative estimate of drug-likeness (QED) is 0.852. The molecule has 4 nitrogen and oxygen atoms in total. The summed E-state index contributed by atoms with van der Waals surface area (Å²) in [5.41, 5.74) is 2.26. The lowest BCUT2D eigenvalue weighted by atomic mass is 10.0. The fourth-order valence-corrected chi connectivity index (χ4v) is 2.45. The third-order valence-corrected chi connectivity index (χ3v) is 3.70. The molecule has 0 saturated heterocycles. The van der Waals surface area contributed by atoms with Gasteiger partial charge in [0.05, 0.1) is 5.75 Å². The van der Waals surface area contributed by atoms with E-state index in [2.05, 4.69) is 31.0 Å². The van der Waals surface area contributed by atoms with Gasteiger partial charge in [0.2, 0.25) is 0 Å². The van der Waals surface area contributed by atoms with E-state index in [-0.39, 0.29) is 5.75 Å². The number of benzene rings is 1. The molecule has 1 aromatic heterocycles. The normalized spacial score (nSPS) is 10.9. The maximum absolute atomic E-state index is 10.6. The first-order valence-electron chi connectivity index (χ1n) is 6.06. The summed E-state index contributed by atoms with van der Waals surface area (Å²) in [6.07, 6.45) is 3.54. The molecule has 1 N–H and O–H groups in total. The molecule has 0 bridgehead atoms. The lowest BCUT2D eigenvalue weighted by Crippen LogP contribution is -2.01. The SMILES string of the molecule is CC(C)c1cccc(-n2ccnc2SCC(=O)O)c1.